The van der Waals surface area contributed by atoms with E-state index >= 15 is 0 Å². The van der Waals surface area contributed by atoms with E-state index in [-0.39, 0.29) is 5.76 Å². The lowest BCUT2D eigenvalue weighted by Crippen LogP contribution is -2.35. The van der Waals surface area contributed by atoms with E-state index in [0.29, 0.717) is 11.5 Å². The monoisotopic (exact) mass is 235 g/mol. The van der Waals surface area contributed by atoms with Gasteiger partial charge in [0.1, 0.15) is 5.75 Å². The minimum atomic E-state index is -0.764. The highest BCUT2D eigenvalue weighted by molar-refractivity contribution is 5.73. The topological polar surface area (TPSA) is 50.7 Å². The van der Waals surface area contributed by atoms with Crippen molar-refractivity contribution in [3.05, 3.63) is 29.5 Å². The van der Waals surface area contributed by atoms with Crippen LogP contribution in [-0.2, 0) is 4.74 Å². The molecule has 0 amide bonds. The second kappa shape index (κ2) is 3.87. The van der Waals surface area contributed by atoms with Gasteiger partial charge in [-0.15, -0.1) is 0 Å². The van der Waals surface area contributed by atoms with Crippen LogP contribution >= 0.6 is 0 Å². The summed E-state index contributed by atoms with van der Waals surface area (Å²) < 4.78 is 11.0. The largest absolute Gasteiger partial charge is 0.505 e. The van der Waals surface area contributed by atoms with Crippen LogP contribution in [0, 0.1) is 0 Å². The van der Waals surface area contributed by atoms with Gasteiger partial charge in [0.15, 0.2) is 17.1 Å². The van der Waals surface area contributed by atoms with Crippen molar-refractivity contribution in [1.29, 1.82) is 0 Å². The van der Waals surface area contributed by atoms with Crippen LogP contribution in [0.3, 0.4) is 0 Å². The Labute approximate surface area is 101 Å². The van der Waals surface area contributed by atoms with Crippen LogP contribution in [0.5, 0.6) is 5.75 Å². The first kappa shape index (κ1) is 11.6. The van der Waals surface area contributed by atoms with Gasteiger partial charge in [0, 0.05) is 12.7 Å². The van der Waals surface area contributed by atoms with Crippen LogP contribution in [0.15, 0.2) is 24.0 Å². The van der Waals surface area contributed by atoms with Crippen molar-refractivity contribution < 1.29 is 14.6 Å². The number of hydrogen-bond donors (Lipinski definition) is 2. The summed E-state index contributed by atoms with van der Waals surface area (Å²) in [6, 6.07) is 5.68. The normalized spacial score (nSPS) is 17.2. The molecule has 2 N–H and O–H groups in total. The lowest BCUT2D eigenvalue weighted by molar-refractivity contribution is 0.0835. The van der Waals surface area contributed by atoms with Crippen molar-refractivity contribution in [2.24, 2.45) is 0 Å². The summed E-state index contributed by atoms with van der Waals surface area (Å²) in [4.78, 5) is 0. The molecule has 0 spiro atoms. The fourth-order valence-corrected chi connectivity index (χ4v) is 1.88. The SMILES string of the molecule is CNc1ccc2c(c1)C(OC)=C(O)C(C)(C)O2. The molecular weight excluding hydrogens is 218 g/mol. The number of benzene rings is 1. The average Bonchev–Trinajstić information content (AvgIpc) is 2.30. The lowest BCUT2D eigenvalue weighted by Gasteiger charge is -2.33. The number of aliphatic hydroxyl groups is 1. The van der Waals surface area contributed by atoms with E-state index < -0.39 is 5.60 Å². The molecule has 0 bridgehead atoms. The van der Waals surface area contributed by atoms with Crippen LogP contribution in [0.2, 0.25) is 0 Å². The van der Waals surface area contributed by atoms with Gasteiger partial charge < -0.3 is 19.9 Å². The van der Waals surface area contributed by atoms with Gasteiger partial charge in [-0.1, -0.05) is 0 Å². The van der Waals surface area contributed by atoms with Crippen LogP contribution in [-0.4, -0.2) is 24.9 Å². The van der Waals surface area contributed by atoms with Crippen LogP contribution in [0.1, 0.15) is 19.4 Å². The van der Waals surface area contributed by atoms with E-state index in [1.165, 1.54) is 0 Å². The second-order valence-corrected chi connectivity index (χ2v) is 4.46. The Morgan fingerprint density at radius 2 is 2.06 bits per heavy atom. The minimum Gasteiger partial charge on any atom is -0.505 e. The molecule has 0 radical (unpaired) electrons. The fourth-order valence-electron chi connectivity index (χ4n) is 1.88. The van der Waals surface area contributed by atoms with Gasteiger partial charge in [-0.25, -0.2) is 0 Å². The van der Waals surface area contributed by atoms with Crippen molar-refractivity contribution >= 4 is 11.4 Å². The molecule has 2 rings (SSSR count). The van der Waals surface area contributed by atoms with E-state index in [9.17, 15) is 5.11 Å². The molecule has 0 aliphatic carbocycles. The second-order valence-electron chi connectivity index (χ2n) is 4.46. The molecule has 17 heavy (non-hydrogen) atoms. The summed E-state index contributed by atoms with van der Waals surface area (Å²) in [6.07, 6.45) is 0. The highest BCUT2D eigenvalue weighted by atomic mass is 16.5. The van der Waals surface area contributed by atoms with E-state index in [4.69, 9.17) is 9.47 Å². The molecule has 1 aliphatic rings. The number of nitrogens with one attached hydrogen (secondary N) is 1. The Hall–Kier alpha value is -1.84. The highest BCUT2D eigenvalue weighted by Crippen LogP contribution is 2.40. The number of rotatable bonds is 2. The number of aliphatic hydroxyl groups excluding tert-OH is 1. The van der Waals surface area contributed by atoms with E-state index in [0.717, 1.165) is 11.3 Å². The maximum Gasteiger partial charge on any atom is 0.179 e. The van der Waals surface area contributed by atoms with E-state index in [1.54, 1.807) is 21.0 Å². The molecule has 0 saturated heterocycles. The van der Waals surface area contributed by atoms with Crippen molar-refractivity contribution in [3.8, 4) is 5.75 Å². The zero-order valence-corrected chi connectivity index (χ0v) is 10.5. The summed E-state index contributed by atoms with van der Waals surface area (Å²) in [7, 11) is 3.38. The fraction of sp³-hybridized carbons (Fsp3) is 0.385. The zero-order chi connectivity index (χ0) is 12.6. The third kappa shape index (κ3) is 1.79. The number of fused-ring (bicyclic) bond motifs is 1. The molecule has 4 nitrogen and oxygen atoms in total. The maximum atomic E-state index is 10.1. The quantitative estimate of drug-likeness (QED) is 0.827. The minimum absolute atomic E-state index is 0.112. The Kier molecular flexibility index (Phi) is 2.65. The molecule has 0 unspecified atom stereocenters. The van der Waals surface area contributed by atoms with E-state index in [2.05, 4.69) is 5.32 Å². The number of methoxy groups -OCH3 is 1. The highest BCUT2D eigenvalue weighted by Gasteiger charge is 2.36. The smallest absolute Gasteiger partial charge is 0.179 e. The van der Waals surface area contributed by atoms with Gasteiger partial charge in [0.2, 0.25) is 0 Å². The molecule has 92 valence electrons. The van der Waals surface area contributed by atoms with Gasteiger partial charge in [-0.2, -0.15) is 0 Å². The van der Waals surface area contributed by atoms with Crippen molar-refractivity contribution in [2.45, 2.75) is 19.4 Å². The Morgan fingerprint density at radius 3 is 2.65 bits per heavy atom. The van der Waals surface area contributed by atoms with Crippen LogP contribution in [0.4, 0.5) is 5.69 Å². The average molecular weight is 235 g/mol. The molecule has 0 atom stereocenters. The van der Waals surface area contributed by atoms with E-state index in [1.807, 2.05) is 25.2 Å². The zero-order valence-electron chi connectivity index (χ0n) is 10.5. The summed E-state index contributed by atoms with van der Waals surface area (Å²) in [5.74, 6) is 1.29. The number of hydrogen-bond acceptors (Lipinski definition) is 4. The van der Waals surface area contributed by atoms with Gasteiger partial charge in [0.25, 0.3) is 0 Å². The van der Waals surface area contributed by atoms with Crippen LogP contribution < -0.4 is 10.1 Å². The summed E-state index contributed by atoms with van der Waals surface area (Å²) in [5.41, 5.74) is 0.935. The first-order valence-corrected chi connectivity index (χ1v) is 5.48. The molecular formula is C13H17NO3. The molecule has 1 heterocycles. The number of anilines is 1. The molecule has 1 aliphatic heterocycles. The predicted octanol–water partition coefficient (Wildman–Crippen LogP) is 2.77. The Balaban J connectivity index is 2.62. The molecule has 1 aromatic carbocycles. The Morgan fingerprint density at radius 1 is 1.35 bits per heavy atom. The van der Waals surface area contributed by atoms with Crippen molar-refractivity contribution in [1.82, 2.24) is 0 Å². The summed E-state index contributed by atoms with van der Waals surface area (Å²) in [6.45, 7) is 3.60. The molecule has 1 aromatic rings. The molecule has 4 heteroatoms. The summed E-state index contributed by atoms with van der Waals surface area (Å²) in [5, 5.41) is 13.2. The molecule has 0 saturated carbocycles. The molecule has 0 aromatic heterocycles. The maximum absolute atomic E-state index is 10.1. The first-order chi connectivity index (χ1) is 7.99. The van der Waals surface area contributed by atoms with Crippen molar-refractivity contribution in [2.75, 3.05) is 19.5 Å². The first-order valence-electron chi connectivity index (χ1n) is 5.48. The van der Waals surface area contributed by atoms with Gasteiger partial charge >= 0.3 is 0 Å². The van der Waals surface area contributed by atoms with Gasteiger partial charge in [-0.3, -0.25) is 0 Å². The predicted molar refractivity (Wildman–Crippen MR) is 67.3 cm³/mol. The van der Waals surface area contributed by atoms with Crippen LogP contribution in [0.25, 0.3) is 5.76 Å². The summed E-state index contributed by atoms with van der Waals surface area (Å²) >= 11 is 0. The Bertz CT molecular complexity index is 478. The standard InChI is InChI=1S/C13H17NO3/c1-13(2)12(15)11(16-4)9-7-8(14-3)5-6-10(9)17-13/h5-7,14-15H,1-4H3. The third-order valence-electron chi connectivity index (χ3n) is 2.87. The number of ether oxygens (including phenoxy) is 2. The van der Waals surface area contributed by atoms with Gasteiger partial charge in [0.05, 0.1) is 12.7 Å². The van der Waals surface area contributed by atoms with Crippen molar-refractivity contribution in [3.63, 3.8) is 0 Å². The third-order valence-corrected chi connectivity index (χ3v) is 2.87. The lowest BCUT2D eigenvalue weighted by atomic mass is 9.98. The van der Waals surface area contributed by atoms with Gasteiger partial charge in [-0.05, 0) is 32.0 Å². The molecule has 0 fully saturated rings.